The molecule has 2 heterocycles. The Labute approximate surface area is 151 Å². The minimum absolute atomic E-state index is 0.325. The summed E-state index contributed by atoms with van der Waals surface area (Å²) in [5.41, 5.74) is 9.63. The highest BCUT2D eigenvalue weighted by Crippen LogP contribution is 2.26. The van der Waals surface area contributed by atoms with Gasteiger partial charge in [0.25, 0.3) is 0 Å². The molecule has 2 aromatic heterocycles. The lowest BCUT2D eigenvalue weighted by Gasteiger charge is -2.03. The second-order valence-electron chi connectivity index (χ2n) is 5.99. The molecule has 3 aromatic rings. The fourth-order valence-corrected chi connectivity index (χ4v) is 3.49. The number of nitrogen functional groups attached to an aromatic ring is 1. The van der Waals surface area contributed by atoms with Gasteiger partial charge in [-0.3, -0.25) is 0 Å². The first-order chi connectivity index (χ1) is 12.2. The Morgan fingerprint density at radius 1 is 1.20 bits per heavy atom. The third-order valence-corrected chi connectivity index (χ3v) is 4.99. The van der Waals surface area contributed by atoms with Crippen molar-refractivity contribution in [3.05, 3.63) is 47.0 Å². The van der Waals surface area contributed by atoms with Crippen LogP contribution in [0.3, 0.4) is 0 Å². The Morgan fingerprint density at radius 2 is 2.00 bits per heavy atom. The van der Waals surface area contributed by atoms with Crippen LogP contribution in [0.4, 0.5) is 5.82 Å². The van der Waals surface area contributed by atoms with Crippen LogP contribution in [0.15, 0.2) is 35.8 Å². The molecular formula is C19H21N5S. The molecule has 0 unspecified atom stereocenters. The second-order valence-corrected chi connectivity index (χ2v) is 6.83. The number of hydrogen-bond acceptors (Lipinski definition) is 5. The van der Waals surface area contributed by atoms with Gasteiger partial charge in [0.15, 0.2) is 0 Å². The molecule has 0 aliphatic carbocycles. The number of nitriles is 1. The molecule has 0 atom stereocenters. The molecule has 1 aromatic carbocycles. The van der Waals surface area contributed by atoms with Crippen LogP contribution in [0.25, 0.3) is 16.4 Å². The zero-order chi connectivity index (χ0) is 17.6. The molecule has 6 heteroatoms. The van der Waals surface area contributed by atoms with Crippen molar-refractivity contribution in [2.45, 2.75) is 39.0 Å². The van der Waals surface area contributed by atoms with Crippen LogP contribution in [-0.2, 0) is 6.42 Å². The van der Waals surface area contributed by atoms with E-state index in [9.17, 15) is 0 Å². The SMILES string of the molecule is CCCCCCc1ccc(-c2csc(-n3ncc(C#N)c3N)n2)cc1. The molecule has 0 aliphatic rings. The highest BCUT2D eigenvalue weighted by atomic mass is 32.1. The Bertz CT molecular complexity index is 870. The predicted molar refractivity (Wildman–Crippen MR) is 102 cm³/mol. The number of thiazole rings is 1. The zero-order valence-corrected chi connectivity index (χ0v) is 15.1. The van der Waals surface area contributed by atoms with E-state index in [1.807, 2.05) is 11.4 Å². The van der Waals surface area contributed by atoms with Crippen molar-refractivity contribution >= 4 is 17.2 Å². The molecule has 0 aliphatic heterocycles. The number of rotatable bonds is 7. The molecule has 25 heavy (non-hydrogen) atoms. The summed E-state index contributed by atoms with van der Waals surface area (Å²) in [5, 5.41) is 15.8. The summed E-state index contributed by atoms with van der Waals surface area (Å²) >= 11 is 1.46. The number of hydrogen-bond donors (Lipinski definition) is 1. The van der Waals surface area contributed by atoms with E-state index in [4.69, 9.17) is 11.0 Å². The summed E-state index contributed by atoms with van der Waals surface area (Å²) in [7, 11) is 0. The van der Waals surface area contributed by atoms with Gasteiger partial charge in [-0.2, -0.15) is 15.0 Å². The molecule has 0 saturated carbocycles. The molecule has 3 rings (SSSR count). The van der Waals surface area contributed by atoms with Gasteiger partial charge >= 0.3 is 0 Å². The maximum Gasteiger partial charge on any atom is 0.212 e. The van der Waals surface area contributed by atoms with Gasteiger partial charge in [-0.15, -0.1) is 11.3 Å². The lowest BCUT2D eigenvalue weighted by Crippen LogP contribution is -2.01. The fraction of sp³-hybridized carbons (Fsp3) is 0.316. The molecule has 0 fully saturated rings. The van der Waals surface area contributed by atoms with Gasteiger partial charge < -0.3 is 5.73 Å². The zero-order valence-electron chi connectivity index (χ0n) is 14.3. The molecule has 0 spiro atoms. The average molecular weight is 351 g/mol. The van der Waals surface area contributed by atoms with E-state index in [0.29, 0.717) is 16.5 Å². The van der Waals surface area contributed by atoms with Gasteiger partial charge in [-0.05, 0) is 18.4 Å². The number of aryl methyl sites for hydroxylation is 1. The maximum absolute atomic E-state index is 8.98. The quantitative estimate of drug-likeness (QED) is 0.632. The molecule has 0 bridgehead atoms. The summed E-state index contributed by atoms with van der Waals surface area (Å²) in [4.78, 5) is 4.60. The van der Waals surface area contributed by atoms with Crippen LogP contribution in [0.1, 0.15) is 43.7 Å². The number of unbranched alkanes of at least 4 members (excludes halogenated alkanes) is 3. The number of nitrogens with two attached hydrogens (primary N) is 1. The van der Waals surface area contributed by atoms with E-state index in [-0.39, 0.29) is 0 Å². The highest BCUT2D eigenvalue weighted by Gasteiger charge is 2.12. The predicted octanol–water partition coefficient (Wildman–Crippen LogP) is 4.57. The monoisotopic (exact) mass is 351 g/mol. The number of benzene rings is 1. The average Bonchev–Trinajstić information content (AvgIpc) is 3.26. The van der Waals surface area contributed by atoms with Crippen molar-refractivity contribution in [3.8, 4) is 22.5 Å². The van der Waals surface area contributed by atoms with Gasteiger partial charge in [-0.25, -0.2) is 4.98 Å². The summed E-state index contributed by atoms with van der Waals surface area (Å²) in [6.45, 7) is 2.23. The van der Waals surface area contributed by atoms with Gasteiger partial charge in [0.2, 0.25) is 5.13 Å². The van der Waals surface area contributed by atoms with E-state index < -0.39 is 0 Å². The van der Waals surface area contributed by atoms with Crippen molar-refractivity contribution in [3.63, 3.8) is 0 Å². The van der Waals surface area contributed by atoms with Crippen molar-refractivity contribution in [1.82, 2.24) is 14.8 Å². The molecule has 0 radical (unpaired) electrons. The minimum Gasteiger partial charge on any atom is -0.382 e. The summed E-state index contributed by atoms with van der Waals surface area (Å²) < 4.78 is 1.51. The molecular weight excluding hydrogens is 330 g/mol. The topological polar surface area (TPSA) is 80.5 Å². The van der Waals surface area contributed by atoms with Crippen LogP contribution in [0.5, 0.6) is 0 Å². The summed E-state index contributed by atoms with van der Waals surface area (Å²) in [6.07, 6.45) is 7.70. The van der Waals surface area contributed by atoms with Crippen molar-refractivity contribution < 1.29 is 0 Å². The van der Waals surface area contributed by atoms with Crippen molar-refractivity contribution in [2.75, 3.05) is 5.73 Å². The number of nitrogens with zero attached hydrogens (tertiary/aromatic N) is 4. The lowest BCUT2D eigenvalue weighted by atomic mass is 10.0. The van der Waals surface area contributed by atoms with Gasteiger partial charge in [-0.1, -0.05) is 50.5 Å². The normalized spacial score (nSPS) is 10.7. The van der Waals surface area contributed by atoms with Gasteiger partial charge in [0.1, 0.15) is 17.5 Å². The standard InChI is InChI=1S/C19H21N5S/c1-2-3-4-5-6-14-7-9-15(10-8-14)17-13-25-19(23-17)24-18(21)16(11-20)12-22-24/h7-10,12-13H,2-6,21H2,1H3. The van der Waals surface area contributed by atoms with Crippen molar-refractivity contribution in [1.29, 1.82) is 5.26 Å². The lowest BCUT2D eigenvalue weighted by molar-refractivity contribution is 0.667. The van der Waals surface area contributed by atoms with E-state index >= 15 is 0 Å². The Hall–Kier alpha value is -2.65. The molecule has 128 valence electrons. The maximum atomic E-state index is 8.98. The largest absolute Gasteiger partial charge is 0.382 e. The number of anilines is 1. The van der Waals surface area contributed by atoms with E-state index in [1.165, 1.54) is 53.5 Å². The first-order valence-electron chi connectivity index (χ1n) is 8.51. The van der Waals surface area contributed by atoms with Crippen LogP contribution in [0, 0.1) is 11.3 Å². The second kappa shape index (κ2) is 7.95. The summed E-state index contributed by atoms with van der Waals surface area (Å²) in [6, 6.07) is 10.6. The Kier molecular flexibility index (Phi) is 5.46. The van der Waals surface area contributed by atoms with Crippen LogP contribution in [0.2, 0.25) is 0 Å². The van der Waals surface area contributed by atoms with E-state index in [2.05, 4.69) is 41.3 Å². The third-order valence-electron chi connectivity index (χ3n) is 4.17. The van der Waals surface area contributed by atoms with Crippen LogP contribution >= 0.6 is 11.3 Å². The molecule has 0 amide bonds. The minimum atomic E-state index is 0.325. The first-order valence-corrected chi connectivity index (χ1v) is 9.39. The molecule has 0 saturated heterocycles. The van der Waals surface area contributed by atoms with E-state index in [0.717, 1.165) is 17.7 Å². The van der Waals surface area contributed by atoms with Gasteiger partial charge in [0.05, 0.1) is 11.9 Å². The Balaban J connectivity index is 1.72. The molecule has 5 nitrogen and oxygen atoms in total. The summed E-state index contributed by atoms with van der Waals surface area (Å²) in [5.74, 6) is 0.325. The highest BCUT2D eigenvalue weighted by molar-refractivity contribution is 7.12. The third kappa shape index (κ3) is 3.89. The smallest absolute Gasteiger partial charge is 0.212 e. The Morgan fingerprint density at radius 3 is 2.68 bits per heavy atom. The fourth-order valence-electron chi connectivity index (χ4n) is 2.69. The first kappa shape index (κ1) is 17.2. The van der Waals surface area contributed by atoms with E-state index in [1.54, 1.807) is 0 Å². The van der Waals surface area contributed by atoms with Crippen LogP contribution in [-0.4, -0.2) is 14.8 Å². The molecule has 2 N–H and O–H groups in total. The van der Waals surface area contributed by atoms with Gasteiger partial charge in [0, 0.05) is 10.9 Å². The van der Waals surface area contributed by atoms with Crippen LogP contribution < -0.4 is 5.73 Å². The number of aromatic nitrogens is 3. The van der Waals surface area contributed by atoms with Crippen molar-refractivity contribution in [2.24, 2.45) is 0 Å².